The summed E-state index contributed by atoms with van der Waals surface area (Å²) in [6.07, 6.45) is 0. The maximum absolute atomic E-state index is 13.0. The third-order valence-electron chi connectivity index (χ3n) is 3.59. The van der Waals surface area contributed by atoms with Crippen LogP contribution >= 0.6 is 23.2 Å². The van der Waals surface area contributed by atoms with Crippen molar-refractivity contribution in [2.75, 3.05) is 5.32 Å². The van der Waals surface area contributed by atoms with Crippen molar-refractivity contribution in [3.8, 4) is 0 Å². The number of rotatable bonds is 4. The molecule has 0 radical (unpaired) electrons. The van der Waals surface area contributed by atoms with Crippen LogP contribution in [0.3, 0.4) is 0 Å². The molecule has 3 rings (SSSR count). The van der Waals surface area contributed by atoms with Gasteiger partial charge in [-0.2, -0.15) is 5.10 Å². The van der Waals surface area contributed by atoms with Gasteiger partial charge in [0.1, 0.15) is 11.6 Å². The maximum atomic E-state index is 13.0. The predicted octanol–water partition coefficient (Wildman–Crippen LogP) is 4.94. The standard InChI is InChI=1S/C18H14Cl2FN3O/c1-11-8-17(22-18(25)12-3-6-15(21)7-4-12)24(23-11)10-13-2-5-14(19)9-16(13)20/h2-9H,10H2,1H3,(H,22,25). The first-order valence-corrected chi connectivity index (χ1v) is 8.23. The zero-order valence-corrected chi connectivity index (χ0v) is 14.8. The molecule has 1 aromatic heterocycles. The number of aryl methyl sites for hydroxylation is 1. The molecular weight excluding hydrogens is 364 g/mol. The van der Waals surface area contributed by atoms with Gasteiger partial charge in [-0.25, -0.2) is 9.07 Å². The van der Waals surface area contributed by atoms with E-state index < -0.39 is 5.82 Å². The van der Waals surface area contributed by atoms with Gasteiger partial charge < -0.3 is 5.32 Å². The summed E-state index contributed by atoms with van der Waals surface area (Å²) in [6, 6.07) is 12.3. The number of nitrogens with one attached hydrogen (secondary N) is 1. The molecule has 0 aliphatic rings. The Hall–Kier alpha value is -2.37. The molecule has 1 N–H and O–H groups in total. The number of amides is 1. The third kappa shape index (κ3) is 4.18. The molecule has 0 fully saturated rings. The van der Waals surface area contributed by atoms with Crippen molar-refractivity contribution >= 4 is 34.9 Å². The van der Waals surface area contributed by atoms with E-state index in [2.05, 4.69) is 10.4 Å². The van der Waals surface area contributed by atoms with Crippen LogP contribution in [0.4, 0.5) is 10.2 Å². The highest BCUT2D eigenvalue weighted by atomic mass is 35.5. The second-order valence-corrected chi connectivity index (χ2v) is 6.37. The van der Waals surface area contributed by atoms with Gasteiger partial charge in [-0.15, -0.1) is 0 Å². The molecule has 0 spiro atoms. The van der Waals surface area contributed by atoms with Crippen LogP contribution in [0.25, 0.3) is 0 Å². The van der Waals surface area contributed by atoms with Crippen molar-refractivity contribution in [3.63, 3.8) is 0 Å². The number of nitrogens with zero attached hydrogens (tertiary/aromatic N) is 2. The summed E-state index contributed by atoms with van der Waals surface area (Å²) in [7, 11) is 0. The second kappa shape index (κ2) is 7.25. The third-order valence-corrected chi connectivity index (χ3v) is 4.17. The average Bonchev–Trinajstić information content (AvgIpc) is 2.90. The van der Waals surface area contributed by atoms with Crippen LogP contribution in [0.15, 0.2) is 48.5 Å². The summed E-state index contributed by atoms with van der Waals surface area (Å²) in [6.45, 7) is 2.20. The van der Waals surface area contributed by atoms with Crippen LogP contribution in [-0.4, -0.2) is 15.7 Å². The van der Waals surface area contributed by atoms with Crippen LogP contribution in [0, 0.1) is 12.7 Å². The fourth-order valence-corrected chi connectivity index (χ4v) is 2.84. The minimum absolute atomic E-state index is 0.344. The predicted molar refractivity (Wildman–Crippen MR) is 96.9 cm³/mol. The van der Waals surface area contributed by atoms with Gasteiger partial charge in [0, 0.05) is 21.7 Å². The molecule has 1 amide bonds. The number of benzene rings is 2. The Balaban J connectivity index is 1.83. The van der Waals surface area contributed by atoms with Crippen molar-refractivity contribution in [1.29, 1.82) is 0 Å². The summed E-state index contributed by atoms with van der Waals surface area (Å²) in [5.74, 6) is -0.212. The molecule has 0 bridgehead atoms. The van der Waals surface area contributed by atoms with E-state index in [-0.39, 0.29) is 5.91 Å². The number of carbonyl (C=O) groups is 1. The van der Waals surface area contributed by atoms with Gasteiger partial charge in [0.2, 0.25) is 0 Å². The molecule has 3 aromatic rings. The van der Waals surface area contributed by atoms with E-state index >= 15 is 0 Å². The first kappa shape index (κ1) is 17.5. The monoisotopic (exact) mass is 377 g/mol. The Labute approximate surface area is 154 Å². The lowest BCUT2D eigenvalue weighted by Crippen LogP contribution is -2.16. The topological polar surface area (TPSA) is 46.9 Å². The Morgan fingerprint density at radius 3 is 2.56 bits per heavy atom. The molecule has 2 aromatic carbocycles. The Morgan fingerprint density at radius 1 is 1.16 bits per heavy atom. The molecule has 0 unspecified atom stereocenters. The fraction of sp³-hybridized carbons (Fsp3) is 0.111. The van der Waals surface area contributed by atoms with Crippen molar-refractivity contribution in [3.05, 3.63) is 81.2 Å². The summed E-state index contributed by atoms with van der Waals surface area (Å²) >= 11 is 12.1. The molecule has 0 saturated carbocycles. The van der Waals surface area contributed by atoms with Gasteiger partial charge in [0.25, 0.3) is 5.91 Å². The van der Waals surface area contributed by atoms with Gasteiger partial charge in [-0.1, -0.05) is 29.3 Å². The SMILES string of the molecule is Cc1cc(NC(=O)c2ccc(F)cc2)n(Cc2ccc(Cl)cc2Cl)n1. The van der Waals surface area contributed by atoms with Gasteiger partial charge >= 0.3 is 0 Å². The zero-order valence-electron chi connectivity index (χ0n) is 13.3. The van der Waals surface area contributed by atoms with E-state index in [0.717, 1.165) is 11.3 Å². The van der Waals surface area contributed by atoms with Gasteiger partial charge in [0.15, 0.2) is 0 Å². The molecular formula is C18H14Cl2FN3O. The van der Waals surface area contributed by atoms with E-state index in [9.17, 15) is 9.18 Å². The minimum atomic E-state index is -0.394. The number of aromatic nitrogens is 2. The molecule has 0 saturated heterocycles. The Kier molecular flexibility index (Phi) is 5.06. The first-order valence-electron chi connectivity index (χ1n) is 7.47. The van der Waals surface area contributed by atoms with Crippen molar-refractivity contribution in [1.82, 2.24) is 9.78 Å². The molecule has 7 heteroatoms. The summed E-state index contributed by atoms with van der Waals surface area (Å²) < 4.78 is 14.6. The molecule has 4 nitrogen and oxygen atoms in total. The maximum Gasteiger partial charge on any atom is 0.256 e. The van der Waals surface area contributed by atoms with E-state index in [1.54, 1.807) is 22.9 Å². The first-order chi connectivity index (χ1) is 11.9. The van der Waals surface area contributed by atoms with Gasteiger partial charge in [-0.05, 0) is 48.9 Å². The van der Waals surface area contributed by atoms with Crippen LogP contribution in [0.5, 0.6) is 0 Å². The van der Waals surface area contributed by atoms with Crippen molar-refractivity contribution in [2.24, 2.45) is 0 Å². The van der Waals surface area contributed by atoms with Gasteiger partial charge in [0.05, 0.1) is 12.2 Å². The Bertz CT molecular complexity index is 923. The van der Waals surface area contributed by atoms with E-state index in [1.807, 2.05) is 13.0 Å². The number of hydrogen-bond donors (Lipinski definition) is 1. The number of halogens is 3. The molecule has 1 heterocycles. The number of carbonyl (C=O) groups excluding carboxylic acids is 1. The van der Waals surface area contributed by atoms with Crippen LogP contribution in [-0.2, 0) is 6.54 Å². The summed E-state index contributed by atoms with van der Waals surface area (Å²) in [5, 5.41) is 8.24. The summed E-state index contributed by atoms with van der Waals surface area (Å²) in [4.78, 5) is 12.3. The summed E-state index contributed by atoms with van der Waals surface area (Å²) in [5.41, 5.74) is 1.93. The van der Waals surface area contributed by atoms with Crippen LogP contribution < -0.4 is 5.32 Å². The number of anilines is 1. The minimum Gasteiger partial charge on any atom is -0.307 e. The van der Waals surface area contributed by atoms with Crippen LogP contribution in [0.2, 0.25) is 10.0 Å². The van der Waals surface area contributed by atoms with Crippen molar-refractivity contribution in [2.45, 2.75) is 13.5 Å². The smallest absolute Gasteiger partial charge is 0.256 e. The molecule has 0 aliphatic carbocycles. The fourth-order valence-electron chi connectivity index (χ4n) is 2.37. The number of hydrogen-bond acceptors (Lipinski definition) is 2. The Morgan fingerprint density at radius 2 is 1.88 bits per heavy atom. The molecule has 25 heavy (non-hydrogen) atoms. The highest BCUT2D eigenvalue weighted by Gasteiger charge is 2.13. The molecule has 0 atom stereocenters. The lowest BCUT2D eigenvalue weighted by Gasteiger charge is -2.10. The highest BCUT2D eigenvalue weighted by Crippen LogP contribution is 2.23. The van der Waals surface area contributed by atoms with E-state index in [1.165, 1.54) is 24.3 Å². The second-order valence-electron chi connectivity index (χ2n) is 5.53. The molecule has 128 valence electrons. The molecule has 0 aliphatic heterocycles. The van der Waals surface area contributed by atoms with E-state index in [0.29, 0.717) is 28.0 Å². The zero-order chi connectivity index (χ0) is 18.0. The van der Waals surface area contributed by atoms with E-state index in [4.69, 9.17) is 23.2 Å². The largest absolute Gasteiger partial charge is 0.307 e. The van der Waals surface area contributed by atoms with Crippen molar-refractivity contribution < 1.29 is 9.18 Å². The quantitative estimate of drug-likeness (QED) is 0.699. The van der Waals surface area contributed by atoms with Gasteiger partial charge in [-0.3, -0.25) is 4.79 Å². The lowest BCUT2D eigenvalue weighted by atomic mass is 10.2. The van der Waals surface area contributed by atoms with Crippen LogP contribution in [0.1, 0.15) is 21.6 Å². The lowest BCUT2D eigenvalue weighted by molar-refractivity contribution is 0.102. The normalized spacial score (nSPS) is 10.7. The average molecular weight is 378 g/mol. The highest BCUT2D eigenvalue weighted by molar-refractivity contribution is 6.35.